The van der Waals surface area contributed by atoms with E-state index >= 15 is 0 Å². The van der Waals surface area contributed by atoms with Crippen molar-refractivity contribution in [2.45, 2.75) is 45.1 Å². The van der Waals surface area contributed by atoms with Crippen LogP contribution < -0.4 is 15.4 Å². The van der Waals surface area contributed by atoms with Crippen molar-refractivity contribution in [3.05, 3.63) is 28.2 Å². The standard InChI is InChI=1S/C16H23BrN2O2/c1-2-3-4-5-9-18-16(20)19-14-8-10-21-15-7-6-12(17)11-13(14)15/h6-7,11,14H,2-5,8-10H2,1H3,(H2,18,19,20). The Bertz CT molecular complexity index is 479. The zero-order chi connectivity index (χ0) is 15.1. The molecule has 0 aliphatic carbocycles. The fourth-order valence-corrected chi connectivity index (χ4v) is 2.86. The minimum atomic E-state index is -0.0932. The van der Waals surface area contributed by atoms with Crippen LogP contribution in [0.2, 0.25) is 0 Å². The average molecular weight is 355 g/mol. The van der Waals surface area contributed by atoms with Crippen LogP contribution in [0.25, 0.3) is 0 Å². The highest BCUT2D eigenvalue weighted by Gasteiger charge is 2.23. The molecular formula is C16H23BrN2O2. The molecule has 1 aromatic rings. The Labute approximate surface area is 134 Å². The van der Waals surface area contributed by atoms with Gasteiger partial charge in [-0.25, -0.2) is 4.79 Å². The number of benzene rings is 1. The minimum absolute atomic E-state index is 0.0156. The van der Waals surface area contributed by atoms with Crippen LogP contribution in [0.15, 0.2) is 22.7 Å². The largest absolute Gasteiger partial charge is 0.493 e. The first-order valence-electron chi connectivity index (χ1n) is 7.67. The van der Waals surface area contributed by atoms with Gasteiger partial charge in [0, 0.05) is 23.0 Å². The van der Waals surface area contributed by atoms with Crippen LogP contribution in [0.4, 0.5) is 4.79 Å². The van der Waals surface area contributed by atoms with E-state index in [1.165, 1.54) is 19.3 Å². The molecule has 4 nitrogen and oxygen atoms in total. The third-order valence-corrected chi connectivity index (χ3v) is 4.13. The Kier molecular flexibility index (Phi) is 6.36. The van der Waals surface area contributed by atoms with Gasteiger partial charge >= 0.3 is 6.03 Å². The number of amides is 2. The average Bonchev–Trinajstić information content (AvgIpc) is 2.48. The smallest absolute Gasteiger partial charge is 0.315 e. The highest BCUT2D eigenvalue weighted by molar-refractivity contribution is 9.10. The molecular weight excluding hydrogens is 332 g/mol. The van der Waals surface area contributed by atoms with Crippen molar-refractivity contribution >= 4 is 22.0 Å². The quantitative estimate of drug-likeness (QED) is 0.753. The van der Waals surface area contributed by atoms with E-state index in [1.807, 2.05) is 18.2 Å². The van der Waals surface area contributed by atoms with Gasteiger partial charge in [-0.2, -0.15) is 0 Å². The van der Waals surface area contributed by atoms with Gasteiger partial charge in [0.2, 0.25) is 0 Å². The van der Waals surface area contributed by atoms with Gasteiger partial charge in [-0.1, -0.05) is 42.1 Å². The molecule has 1 aliphatic rings. The number of carbonyl (C=O) groups is 1. The first-order chi connectivity index (χ1) is 10.2. The summed E-state index contributed by atoms with van der Waals surface area (Å²) in [6, 6.07) is 5.83. The number of unbranched alkanes of at least 4 members (excludes halogenated alkanes) is 3. The molecule has 5 heteroatoms. The van der Waals surface area contributed by atoms with Gasteiger partial charge in [-0.05, 0) is 24.6 Å². The summed E-state index contributed by atoms with van der Waals surface area (Å²) in [6.45, 7) is 3.55. The van der Waals surface area contributed by atoms with Crippen LogP contribution in [0.3, 0.4) is 0 Å². The summed E-state index contributed by atoms with van der Waals surface area (Å²) in [7, 11) is 0. The molecule has 1 aromatic carbocycles. The van der Waals surface area contributed by atoms with Crippen molar-refractivity contribution in [1.29, 1.82) is 0 Å². The van der Waals surface area contributed by atoms with Crippen LogP contribution in [-0.2, 0) is 0 Å². The second-order valence-corrected chi connectivity index (χ2v) is 6.25. The summed E-state index contributed by atoms with van der Waals surface area (Å²) in [4.78, 5) is 12.0. The predicted molar refractivity (Wildman–Crippen MR) is 87.7 cm³/mol. The number of urea groups is 1. The number of carbonyl (C=O) groups excluding carboxylic acids is 1. The van der Waals surface area contributed by atoms with Crippen LogP contribution in [-0.4, -0.2) is 19.2 Å². The van der Waals surface area contributed by atoms with E-state index in [-0.39, 0.29) is 12.1 Å². The molecule has 2 amide bonds. The molecule has 21 heavy (non-hydrogen) atoms. The summed E-state index contributed by atoms with van der Waals surface area (Å²) in [5.74, 6) is 0.859. The number of nitrogens with one attached hydrogen (secondary N) is 2. The summed E-state index contributed by atoms with van der Waals surface area (Å²) in [5, 5.41) is 5.97. The number of hydrogen-bond donors (Lipinski definition) is 2. The molecule has 0 fully saturated rings. The molecule has 1 heterocycles. The summed E-state index contributed by atoms with van der Waals surface area (Å²) in [6.07, 6.45) is 5.44. The lowest BCUT2D eigenvalue weighted by molar-refractivity contribution is 0.223. The van der Waals surface area contributed by atoms with Gasteiger partial charge in [0.1, 0.15) is 5.75 Å². The maximum Gasteiger partial charge on any atom is 0.315 e. The fraction of sp³-hybridized carbons (Fsp3) is 0.562. The van der Waals surface area contributed by atoms with Crippen molar-refractivity contribution in [2.75, 3.05) is 13.2 Å². The van der Waals surface area contributed by atoms with Crippen LogP contribution in [0.5, 0.6) is 5.75 Å². The van der Waals surface area contributed by atoms with Gasteiger partial charge < -0.3 is 15.4 Å². The van der Waals surface area contributed by atoms with Crippen LogP contribution in [0.1, 0.15) is 50.6 Å². The van der Waals surface area contributed by atoms with E-state index < -0.39 is 0 Å². The topological polar surface area (TPSA) is 50.4 Å². The van der Waals surface area contributed by atoms with E-state index in [2.05, 4.69) is 33.5 Å². The van der Waals surface area contributed by atoms with Crippen molar-refractivity contribution in [3.8, 4) is 5.75 Å². The minimum Gasteiger partial charge on any atom is -0.493 e. The Morgan fingerprint density at radius 3 is 3.05 bits per heavy atom. The lowest BCUT2D eigenvalue weighted by atomic mass is 10.0. The third kappa shape index (κ3) is 4.92. The van der Waals surface area contributed by atoms with E-state index in [1.54, 1.807) is 0 Å². The molecule has 2 N–H and O–H groups in total. The second kappa shape index (κ2) is 8.27. The first kappa shape index (κ1) is 16.1. The maximum atomic E-state index is 12.0. The highest BCUT2D eigenvalue weighted by atomic mass is 79.9. The molecule has 1 atom stereocenters. The predicted octanol–water partition coefficient (Wildman–Crippen LogP) is 4.15. The van der Waals surface area contributed by atoms with Gasteiger partial charge in [-0.3, -0.25) is 0 Å². The van der Waals surface area contributed by atoms with Gasteiger partial charge in [0.05, 0.1) is 12.6 Å². The Hall–Kier alpha value is -1.23. The number of rotatable bonds is 6. The third-order valence-electron chi connectivity index (χ3n) is 3.63. The first-order valence-corrected chi connectivity index (χ1v) is 8.46. The summed E-state index contributed by atoms with van der Waals surface area (Å²) >= 11 is 3.47. The van der Waals surface area contributed by atoms with Crippen molar-refractivity contribution < 1.29 is 9.53 Å². The molecule has 1 unspecified atom stereocenters. The molecule has 0 saturated carbocycles. The molecule has 0 spiro atoms. The van der Waals surface area contributed by atoms with Crippen molar-refractivity contribution in [2.24, 2.45) is 0 Å². The van der Waals surface area contributed by atoms with Crippen LogP contribution in [0, 0.1) is 0 Å². The molecule has 2 rings (SSSR count). The Balaban J connectivity index is 1.83. The molecule has 1 aliphatic heterocycles. The van der Waals surface area contributed by atoms with E-state index in [9.17, 15) is 4.79 Å². The zero-order valence-corrected chi connectivity index (χ0v) is 14.0. The van der Waals surface area contributed by atoms with Gasteiger partial charge in [0.15, 0.2) is 0 Å². The van der Waals surface area contributed by atoms with Gasteiger partial charge in [-0.15, -0.1) is 0 Å². The monoisotopic (exact) mass is 354 g/mol. The fourth-order valence-electron chi connectivity index (χ4n) is 2.48. The van der Waals surface area contributed by atoms with E-state index in [0.29, 0.717) is 6.61 Å². The van der Waals surface area contributed by atoms with Crippen molar-refractivity contribution in [1.82, 2.24) is 10.6 Å². The zero-order valence-electron chi connectivity index (χ0n) is 12.5. The molecule has 0 radical (unpaired) electrons. The highest BCUT2D eigenvalue weighted by Crippen LogP contribution is 2.33. The summed E-state index contributed by atoms with van der Waals surface area (Å²) < 4.78 is 6.62. The Morgan fingerprint density at radius 2 is 2.24 bits per heavy atom. The Morgan fingerprint density at radius 1 is 1.38 bits per heavy atom. The molecule has 0 saturated heterocycles. The molecule has 0 aromatic heterocycles. The normalized spacial score (nSPS) is 16.8. The lowest BCUT2D eigenvalue weighted by Crippen LogP contribution is -2.40. The van der Waals surface area contributed by atoms with E-state index in [4.69, 9.17) is 4.74 Å². The number of halogens is 1. The maximum absolute atomic E-state index is 12.0. The van der Waals surface area contributed by atoms with Gasteiger partial charge in [0.25, 0.3) is 0 Å². The SMILES string of the molecule is CCCCCCNC(=O)NC1CCOc2ccc(Br)cc21. The second-order valence-electron chi connectivity index (χ2n) is 5.33. The van der Waals surface area contributed by atoms with Crippen LogP contribution >= 0.6 is 15.9 Å². The summed E-state index contributed by atoms with van der Waals surface area (Å²) in [5.41, 5.74) is 1.04. The number of ether oxygens (including phenoxy) is 1. The molecule has 0 bridgehead atoms. The van der Waals surface area contributed by atoms with E-state index in [0.717, 1.165) is 35.2 Å². The number of hydrogen-bond acceptors (Lipinski definition) is 2. The molecule has 116 valence electrons. The van der Waals surface area contributed by atoms with Crippen molar-refractivity contribution in [3.63, 3.8) is 0 Å². The lowest BCUT2D eigenvalue weighted by Gasteiger charge is -2.27. The number of fused-ring (bicyclic) bond motifs is 1.